The Hall–Kier alpha value is -0.870. The first-order valence-electron chi connectivity index (χ1n) is 6.04. The summed E-state index contributed by atoms with van der Waals surface area (Å²) in [5, 5.41) is 3.83. The van der Waals surface area contributed by atoms with Gasteiger partial charge in [-0.1, -0.05) is 11.6 Å². The van der Waals surface area contributed by atoms with Gasteiger partial charge in [0, 0.05) is 12.1 Å². The van der Waals surface area contributed by atoms with Gasteiger partial charge in [0.05, 0.1) is 17.4 Å². The van der Waals surface area contributed by atoms with Crippen LogP contribution in [-0.2, 0) is 0 Å². The van der Waals surface area contributed by atoms with Crippen LogP contribution in [0.15, 0.2) is 12.4 Å². The minimum absolute atomic E-state index is 0.138. The van der Waals surface area contributed by atoms with Crippen LogP contribution in [0.1, 0.15) is 26.7 Å². The molecule has 2 rings (SSSR count). The Bertz CT molecular complexity index is 357. The van der Waals surface area contributed by atoms with Crippen LogP contribution in [-0.4, -0.2) is 40.0 Å². The second-order valence-electron chi connectivity index (χ2n) is 5.09. The van der Waals surface area contributed by atoms with E-state index in [2.05, 4.69) is 34.0 Å². The fourth-order valence-electron chi connectivity index (χ4n) is 2.13. The molecule has 0 atom stereocenters. The van der Waals surface area contributed by atoms with Crippen LogP contribution in [0.3, 0.4) is 0 Å². The van der Waals surface area contributed by atoms with Gasteiger partial charge in [-0.3, -0.25) is 4.90 Å². The highest BCUT2D eigenvalue weighted by molar-refractivity contribution is 6.30. The average Bonchev–Trinajstić information content (AvgIpc) is 2.82. The molecule has 0 unspecified atom stereocenters. The van der Waals surface area contributed by atoms with Gasteiger partial charge in [0.15, 0.2) is 0 Å². The molecule has 0 amide bonds. The third kappa shape index (κ3) is 3.30. The second-order valence-corrected chi connectivity index (χ2v) is 5.52. The Morgan fingerprint density at radius 1 is 1.29 bits per heavy atom. The number of halogens is 1. The van der Waals surface area contributed by atoms with Crippen molar-refractivity contribution < 1.29 is 0 Å². The quantitative estimate of drug-likeness (QED) is 0.896. The fourth-order valence-corrected chi connectivity index (χ4v) is 2.23. The first-order valence-corrected chi connectivity index (χ1v) is 6.42. The minimum Gasteiger partial charge on any atom is -0.352 e. The van der Waals surface area contributed by atoms with Gasteiger partial charge in [0.2, 0.25) is 5.95 Å². The fraction of sp³-hybridized carbons (Fsp3) is 0.667. The van der Waals surface area contributed by atoms with Crippen LogP contribution in [0.5, 0.6) is 0 Å². The molecule has 5 heteroatoms. The molecule has 0 spiro atoms. The molecule has 4 nitrogen and oxygen atoms in total. The van der Waals surface area contributed by atoms with Gasteiger partial charge in [-0.05, 0) is 39.8 Å². The standard InChI is InChI=1S/C12H19ClN4/c1-12(2,17-5-3-4-6-17)9-16-11-14-7-10(13)8-15-11/h7-8H,3-6,9H2,1-2H3,(H,14,15,16). The maximum absolute atomic E-state index is 5.74. The highest BCUT2D eigenvalue weighted by atomic mass is 35.5. The van der Waals surface area contributed by atoms with Crippen molar-refractivity contribution in [2.45, 2.75) is 32.2 Å². The molecule has 1 N–H and O–H groups in total. The van der Waals surface area contributed by atoms with E-state index in [1.807, 2.05) is 0 Å². The van der Waals surface area contributed by atoms with Crippen LogP contribution in [0.4, 0.5) is 5.95 Å². The molecule has 94 valence electrons. The van der Waals surface area contributed by atoms with E-state index in [1.165, 1.54) is 25.9 Å². The highest BCUT2D eigenvalue weighted by Crippen LogP contribution is 2.21. The Morgan fingerprint density at radius 3 is 2.47 bits per heavy atom. The van der Waals surface area contributed by atoms with E-state index < -0.39 is 0 Å². The molecular formula is C12H19ClN4. The number of hydrogen-bond acceptors (Lipinski definition) is 4. The van der Waals surface area contributed by atoms with E-state index in [9.17, 15) is 0 Å². The predicted molar refractivity (Wildman–Crippen MR) is 70.4 cm³/mol. The molecule has 1 saturated heterocycles. The van der Waals surface area contributed by atoms with Crippen LogP contribution < -0.4 is 5.32 Å². The third-order valence-corrected chi connectivity index (χ3v) is 3.46. The van der Waals surface area contributed by atoms with E-state index in [0.29, 0.717) is 11.0 Å². The van der Waals surface area contributed by atoms with Gasteiger partial charge in [0.1, 0.15) is 0 Å². The molecule has 2 heterocycles. The van der Waals surface area contributed by atoms with Gasteiger partial charge in [-0.2, -0.15) is 0 Å². The Kier molecular flexibility index (Phi) is 3.84. The van der Waals surface area contributed by atoms with Crippen molar-refractivity contribution in [2.24, 2.45) is 0 Å². The highest BCUT2D eigenvalue weighted by Gasteiger charge is 2.28. The lowest BCUT2D eigenvalue weighted by Crippen LogP contribution is -2.47. The number of aromatic nitrogens is 2. The van der Waals surface area contributed by atoms with Crippen molar-refractivity contribution in [2.75, 3.05) is 25.0 Å². The SMILES string of the molecule is CC(C)(CNc1ncc(Cl)cn1)N1CCCC1. The summed E-state index contributed by atoms with van der Waals surface area (Å²) in [5.74, 6) is 0.640. The van der Waals surface area contributed by atoms with Crippen molar-refractivity contribution in [1.82, 2.24) is 14.9 Å². The summed E-state index contributed by atoms with van der Waals surface area (Å²) in [6.07, 6.45) is 5.83. The number of likely N-dealkylation sites (tertiary alicyclic amines) is 1. The lowest BCUT2D eigenvalue weighted by Gasteiger charge is -2.35. The Labute approximate surface area is 107 Å². The van der Waals surface area contributed by atoms with Crippen molar-refractivity contribution >= 4 is 17.5 Å². The average molecular weight is 255 g/mol. The van der Waals surface area contributed by atoms with Crippen molar-refractivity contribution in [3.63, 3.8) is 0 Å². The first-order chi connectivity index (χ1) is 8.08. The first kappa shape index (κ1) is 12.6. The number of nitrogens with one attached hydrogen (secondary N) is 1. The van der Waals surface area contributed by atoms with E-state index in [-0.39, 0.29) is 5.54 Å². The zero-order valence-corrected chi connectivity index (χ0v) is 11.2. The molecule has 0 radical (unpaired) electrons. The van der Waals surface area contributed by atoms with E-state index in [1.54, 1.807) is 12.4 Å². The molecule has 1 aromatic rings. The summed E-state index contributed by atoms with van der Waals surface area (Å²) < 4.78 is 0. The van der Waals surface area contributed by atoms with E-state index in [0.717, 1.165) is 6.54 Å². The van der Waals surface area contributed by atoms with Gasteiger partial charge < -0.3 is 5.32 Å². The van der Waals surface area contributed by atoms with Gasteiger partial charge >= 0.3 is 0 Å². The molecular weight excluding hydrogens is 236 g/mol. The molecule has 0 bridgehead atoms. The van der Waals surface area contributed by atoms with Gasteiger partial charge in [-0.25, -0.2) is 9.97 Å². The number of nitrogens with zero attached hydrogens (tertiary/aromatic N) is 3. The largest absolute Gasteiger partial charge is 0.352 e. The predicted octanol–water partition coefficient (Wildman–Crippen LogP) is 2.42. The summed E-state index contributed by atoms with van der Waals surface area (Å²) in [7, 11) is 0. The molecule has 0 aliphatic carbocycles. The smallest absolute Gasteiger partial charge is 0.222 e. The molecule has 17 heavy (non-hydrogen) atoms. The lowest BCUT2D eigenvalue weighted by atomic mass is 10.0. The van der Waals surface area contributed by atoms with Crippen LogP contribution >= 0.6 is 11.6 Å². The molecule has 0 saturated carbocycles. The maximum atomic E-state index is 5.74. The van der Waals surface area contributed by atoms with Crippen LogP contribution in [0.25, 0.3) is 0 Å². The number of hydrogen-bond donors (Lipinski definition) is 1. The van der Waals surface area contributed by atoms with Crippen LogP contribution in [0, 0.1) is 0 Å². The number of rotatable bonds is 4. The number of anilines is 1. The Morgan fingerprint density at radius 2 is 1.88 bits per heavy atom. The third-order valence-electron chi connectivity index (χ3n) is 3.26. The molecule has 0 aromatic carbocycles. The van der Waals surface area contributed by atoms with E-state index >= 15 is 0 Å². The summed E-state index contributed by atoms with van der Waals surface area (Å²) in [6, 6.07) is 0. The van der Waals surface area contributed by atoms with Crippen LogP contribution in [0.2, 0.25) is 5.02 Å². The summed E-state index contributed by atoms with van der Waals surface area (Å²) in [6.45, 7) is 7.73. The summed E-state index contributed by atoms with van der Waals surface area (Å²) >= 11 is 5.74. The zero-order valence-electron chi connectivity index (χ0n) is 10.4. The zero-order chi connectivity index (χ0) is 12.3. The minimum atomic E-state index is 0.138. The Balaban J connectivity index is 1.90. The summed E-state index contributed by atoms with van der Waals surface area (Å²) in [4.78, 5) is 10.8. The topological polar surface area (TPSA) is 41.1 Å². The monoisotopic (exact) mass is 254 g/mol. The summed E-state index contributed by atoms with van der Waals surface area (Å²) in [5.41, 5.74) is 0.138. The van der Waals surface area contributed by atoms with Crippen molar-refractivity contribution in [3.8, 4) is 0 Å². The van der Waals surface area contributed by atoms with Gasteiger partial charge in [-0.15, -0.1) is 0 Å². The molecule has 1 aliphatic heterocycles. The molecule has 1 fully saturated rings. The lowest BCUT2D eigenvalue weighted by molar-refractivity contribution is 0.167. The van der Waals surface area contributed by atoms with Crippen molar-refractivity contribution in [3.05, 3.63) is 17.4 Å². The van der Waals surface area contributed by atoms with Crippen molar-refractivity contribution in [1.29, 1.82) is 0 Å². The molecule has 1 aliphatic rings. The van der Waals surface area contributed by atoms with Gasteiger partial charge in [0.25, 0.3) is 0 Å². The normalized spacial score (nSPS) is 17.4. The second kappa shape index (κ2) is 5.19. The maximum Gasteiger partial charge on any atom is 0.222 e. The molecule has 1 aromatic heterocycles. The van der Waals surface area contributed by atoms with E-state index in [4.69, 9.17) is 11.6 Å².